The highest BCUT2D eigenvalue weighted by Gasteiger charge is 2.16. The summed E-state index contributed by atoms with van der Waals surface area (Å²) in [6, 6.07) is 20.2. The van der Waals surface area contributed by atoms with E-state index < -0.39 is 6.10 Å². The lowest BCUT2D eigenvalue weighted by Gasteiger charge is -2.30. The Bertz CT molecular complexity index is 657. The SMILES string of the molecule is I.OC(CN=C(Nc1ccccc1)N1CCCCC1)Cc1ccccc1. The van der Waals surface area contributed by atoms with Crippen molar-refractivity contribution in [2.24, 2.45) is 4.99 Å². The number of aliphatic hydroxyl groups excluding tert-OH is 1. The minimum absolute atomic E-state index is 0. The molecule has 2 N–H and O–H groups in total. The van der Waals surface area contributed by atoms with Crippen LogP contribution in [0.4, 0.5) is 5.69 Å². The molecule has 1 fully saturated rings. The Hall–Kier alpha value is -1.60. The monoisotopic (exact) mass is 465 g/mol. The Morgan fingerprint density at radius 3 is 2.23 bits per heavy atom. The zero-order chi connectivity index (χ0) is 17.3. The molecular formula is C21H28IN3O. The standard InChI is InChI=1S/C21H27N3O.HI/c25-20(16-18-10-4-1-5-11-18)17-22-21(24-14-8-3-9-15-24)23-19-12-6-2-7-13-19;/h1-2,4-7,10-13,20,25H,3,8-9,14-17H2,(H,22,23);1H. The number of rotatable bonds is 5. The molecule has 1 unspecified atom stereocenters. The van der Waals surface area contributed by atoms with Gasteiger partial charge >= 0.3 is 0 Å². The van der Waals surface area contributed by atoms with E-state index >= 15 is 0 Å². The number of hydrogen-bond acceptors (Lipinski definition) is 2. The summed E-state index contributed by atoms with van der Waals surface area (Å²) in [4.78, 5) is 7.02. The predicted octanol–water partition coefficient (Wildman–Crippen LogP) is 4.16. The maximum absolute atomic E-state index is 10.4. The molecule has 0 saturated carbocycles. The Morgan fingerprint density at radius 1 is 0.962 bits per heavy atom. The van der Waals surface area contributed by atoms with Gasteiger partial charge in [0.05, 0.1) is 12.6 Å². The summed E-state index contributed by atoms with van der Waals surface area (Å²) in [6.45, 7) is 2.45. The molecule has 0 aromatic heterocycles. The first-order valence-electron chi connectivity index (χ1n) is 9.15. The minimum Gasteiger partial charge on any atom is -0.391 e. The van der Waals surface area contributed by atoms with Crippen LogP contribution in [0.25, 0.3) is 0 Å². The van der Waals surface area contributed by atoms with Gasteiger partial charge < -0.3 is 15.3 Å². The lowest BCUT2D eigenvalue weighted by molar-refractivity contribution is 0.183. The average Bonchev–Trinajstić information content (AvgIpc) is 2.67. The molecule has 0 radical (unpaired) electrons. The number of benzene rings is 2. The first kappa shape index (κ1) is 20.7. The largest absolute Gasteiger partial charge is 0.391 e. The van der Waals surface area contributed by atoms with Crippen molar-refractivity contribution >= 4 is 35.6 Å². The maximum atomic E-state index is 10.4. The molecule has 1 heterocycles. The van der Waals surface area contributed by atoms with Gasteiger partial charge in [0.25, 0.3) is 0 Å². The molecule has 26 heavy (non-hydrogen) atoms. The number of anilines is 1. The predicted molar refractivity (Wildman–Crippen MR) is 119 cm³/mol. The fraction of sp³-hybridized carbons (Fsp3) is 0.381. The number of guanidine groups is 1. The van der Waals surface area contributed by atoms with E-state index in [1.54, 1.807) is 0 Å². The third-order valence-corrected chi connectivity index (χ3v) is 4.45. The molecule has 140 valence electrons. The van der Waals surface area contributed by atoms with Crippen LogP contribution in [0.15, 0.2) is 65.7 Å². The van der Waals surface area contributed by atoms with Gasteiger partial charge in [0.1, 0.15) is 0 Å². The highest BCUT2D eigenvalue weighted by atomic mass is 127. The van der Waals surface area contributed by atoms with Gasteiger partial charge in [0.2, 0.25) is 0 Å². The van der Waals surface area contributed by atoms with Crippen LogP contribution < -0.4 is 5.32 Å². The summed E-state index contributed by atoms with van der Waals surface area (Å²) in [5, 5.41) is 13.8. The second-order valence-electron chi connectivity index (χ2n) is 6.55. The van der Waals surface area contributed by atoms with Crippen molar-refractivity contribution < 1.29 is 5.11 Å². The number of piperidine rings is 1. The molecule has 0 aliphatic carbocycles. The van der Waals surface area contributed by atoms with Crippen molar-refractivity contribution in [3.05, 3.63) is 66.2 Å². The Balaban J connectivity index is 0.00000243. The van der Waals surface area contributed by atoms with Crippen LogP contribution in [-0.4, -0.2) is 41.7 Å². The van der Waals surface area contributed by atoms with Gasteiger partial charge in [-0.15, -0.1) is 24.0 Å². The Morgan fingerprint density at radius 2 is 1.58 bits per heavy atom. The first-order chi connectivity index (χ1) is 12.3. The number of nitrogens with zero attached hydrogens (tertiary/aromatic N) is 2. The van der Waals surface area contributed by atoms with Gasteiger partial charge in [-0.05, 0) is 37.0 Å². The lowest BCUT2D eigenvalue weighted by atomic mass is 10.1. The van der Waals surface area contributed by atoms with E-state index in [0.717, 1.165) is 30.3 Å². The molecule has 2 aromatic rings. The molecule has 0 amide bonds. The van der Waals surface area contributed by atoms with Crippen molar-refractivity contribution in [1.29, 1.82) is 0 Å². The van der Waals surface area contributed by atoms with Crippen LogP contribution in [-0.2, 0) is 6.42 Å². The highest BCUT2D eigenvalue weighted by Crippen LogP contribution is 2.13. The fourth-order valence-corrected chi connectivity index (χ4v) is 3.12. The smallest absolute Gasteiger partial charge is 0.198 e. The van der Waals surface area contributed by atoms with Gasteiger partial charge in [-0.25, -0.2) is 0 Å². The molecule has 5 heteroatoms. The summed E-state index contributed by atoms with van der Waals surface area (Å²) < 4.78 is 0. The van der Waals surface area contributed by atoms with Crippen LogP contribution in [0.1, 0.15) is 24.8 Å². The van der Waals surface area contributed by atoms with E-state index in [1.807, 2.05) is 60.7 Å². The van der Waals surface area contributed by atoms with E-state index in [1.165, 1.54) is 19.3 Å². The number of para-hydroxylation sites is 1. The minimum atomic E-state index is -0.472. The number of likely N-dealkylation sites (tertiary alicyclic amines) is 1. The van der Waals surface area contributed by atoms with E-state index in [0.29, 0.717) is 13.0 Å². The molecule has 3 rings (SSSR count). The zero-order valence-corrected chi connectivity index (χ0v) is 17.4. The van der Waals surface area contributed by atoms with Gasteiger partial charge in [0.15, 0.2) is 5.96 Å². The van der Waals surface area contributed by atoms with Crippen molar-refractivity contribution in [1.82, 2.24) is 4.90 Å². The lowest BCUT2D eigenvalue weighted by Crippen LogP contribution is -2.40. The number of hydrogen-bond donors (Lipinski definition) is 2. The Kier molecular flexibility index (Phi) is 8.91. The van der Waals surface area contributed by atoms with Gasteiger partial charge in [-0.3, -0.25) is 4.99 Å². The van der Waals surface area contributed by atoms with E-state index in [4.69, 9.17) is 4.99 Å². The molecule has 0 spiro atoms. The van der Waals surface area contributed by atoms with Crippen LogP contribution in [0.3, 0.4) is 0 Å². The van der Waals surface area contributed by atoms with Crippen molar-refractivity contribution in [2.75, 3.05) is 25.0 Å². The fourth-order valence-electron chi connectivity index (χ4n) is 3.12. The number of aliphatic hydroxyl groups is 1. The van der Waals surface area contributed by atoms with E-state index in [2.05, 4.69) is 10.2 Å². The van der Waals surface area contributed by atoms with Crippen LogP contribution in [0.2, 0.25) is 0 Å². The quantitative estimate of drug-likeness (QED) is 0.396. The molecule has 1 aliphatic heterocycles. The van der Waals surface area contributed by atoms with Crippen molar-refractivity contribution in [3.8, 4) is 0 Å². The third kappa shape index (κ3) is 6.61. The summed E-state index contributed by atoms with van der Waals surface area (Å²) in [6.07, 6.45) is 3.83. The number of halogens is 1. The number of nitrogens with one attached hydrogen (secondary N) is 1. The van der Waals surface area contributed by atoms with Crippen LogP contribution in [0, 0.1) is 0 Å². The zero-order valence-electron chi connectivity index (χ0n) is 15.1. The van der Waals surface area contributed by atoms with Gasteiger partial charge in [-0.2, -0.15) is 0 Å². The first-order valence-corrected chi connectivity index (χ1v) is 9.15. The van der Waals surface area contributed by atoms with Crippen LogP contribution in [0.5, 0.6) is 0 Å². The van der Waals surface area contributed by atoms with Gasteiger partial charge in [0, 0.05) is 25.2 Å². The summed E-state index contributed by atoms with van der Waals surface area (Å²) in [7, 11) is 0. The van der Waals surface area contributed by atoms with Crippen molar-refractivity contribution in [3.63, 3.8) is 0 Å². The summed E-state index contributed by atoms with van der Waals surface area (Å²) in [5.74, 6) is 0.873. The molecule has 1 atom stereocenters. The van der Waals surface area contributed by atoms with Gasteiger partial charge in [-0.1, -0.05) is 48.5 Å². The second kappa shape index (κ2) is 11.2. The molecule has 2 aromatic carbocycles. The van der Waals surface area contributed by atoms with E-state index in [-0.39, 0.29) is 24.0 Å². The Labute approximate surface area is 173 Å². The summed E-state index contributed by atoms with van der Waals surface area (Å²) in [5.41, 5.74) is 2.17. The van der Waals surface area contributed by atoms with E-state index in [9.17, 15) is 5.11 Å². The highest BCUT2D eigenvalue weighted by molar-refractivity contribution is 14.0. The van der Waals surface area contributed by atoms with Crippen molar-refractivity contribution in [2.45, 2.75) is 31.8 Å². The molecular weight excluding hydrogens is 437 g/mol. The maximum Gasteiger partial charge on any atom is 0.198 e. The topological polar surface area (TPSA) is 47.9 Å². The number of aliphatic imine (C=N–C) groups is 1. The molecule has 1 aliphatic rings. The molecule has 4 nitrogen and oxygen atoms in total. The van der Waals surface area contributed by atoms with Crippen LogP contribution >= 0.6 is 24.0 Å². The second-order valence-corrected chi connectivity index (χ2v) is 6.55. The normalized spacial score (nSPS) is 15.9. The molecule has 0 bridgehead atoms. The summed E-state index contributed by atoms with van der Waals surface area (Å²) >= 11 is 0. The molecule has 1 saturated heterocycles. The average molecular weight is 465 g/mol. The third-order valence-electron chi connectivity index (χ3n) is 4.45.